The van der Waals surface area contributed by atoms with Gasteiger partial charge in [0, 0.05) is 9.79 Å². The molecule has 1 N–H and O–H groups in total. The predicted molar refractivity (Wildman–Crippen MR) is 134 cm³/mol. The summed E-state index contributed by atoms with van der Waals surface area (Å²) >= 11 is 6.96. The number of nitrogens with one attached hydrogen (secondary N) is 1. The van der Waals surface area contributed by atoms with Gasteiger partial charge < -0.3 is 0 Å². The van der Waals surface area contributed by atoms with Gasteiger partial charge in [0.05, 0.1) is 5.69 Å². The van der Waals surface area contributed by atoms with Gasteiger partial charge in [-0.3, -0.25) is 19.8 Å². The molecular weight excluding hydrogens is 436 g/mol. The van der Waals surface area contributed by atoms with E-state index in [9.17, 15) is 9.59 Å². The highest BCUT2D eigenvalue weighted by molar-refractivity contribution is 7.99. The summed E-state index contributed by atoms with van der Waals surface area (Å²) in [6, 6.07) is 21.9. The average Bonchev–Trinajstić information content (AvgIpc) is 2.73. The van der Waals surface area contributed by atoms with Crippen LogP contribution in [0.5, 0.6) is 0 Å². The van der Waals surface area contributed by atoms with Crippen LogP contribution in [0.25, 0.3) is 6.08 Å². The minimum Gasteiger partial charge on any atom is -0.298 e. The van der Waals surface area contributed by atoms with Crippen LogP contribution in [0, 0.1) is 20.8 Å². The van der Waals surface area contributed by atoms with Crippen LogP contribution < -0.4 is 10.2 Å². The van der Waals surface area contributed by atoms with E-state index >= 15 is 0 Å². The molecule has 0 bridgehead atoms. The topological polar surface area (TPSA) is 49.4 Å². The maximum atomic E-state index is 13.2. The van der Waals surface area contributed by atoms with Crippen LogP contribution in [-0.4, -0.2) is 16.9 Å². The number of aryl methyl sites for hydroxylation is 3. The van der Waals surface area contributed by atoms with Gasteiger partial charge in [0.1, 0.15) is 5.57 Å². The van der Waals surface area contributed by atoms with Crippen LogP contribution in [0.15, 0.2) is 82.1 Å². The zero-order chi connectivity index (χ0) is 22.8. The Hall–Kier alpha value is -3.22. The Labute approximate surface area is 197 Å². The number of amides is 2. The minimum absolute atomic E-state index is 0.0525. The first-order valence-corrected chi connectivity index (χ1v) is 11.4. The lowest BCUT2D eigenvalue weighted by molar-refractivity contribution is -0.122. The van der Waals surface area contributed by atoms with Crippen molar-refractivity contribution in [1.29, 1.82) is 0 Å². The fourth-order valence-corrected chi connectivity index (χ4v) is 4.61. The number of rotatable bonds is 4. The number of hydrogen-bond donors (Lipinski definition) is 1. The second-order valence-corrected chi connectivity index (χ2v) is 9.32. The van der Waals surface area contributed by atoms with Gasteiger partial charge in [0.2, 0.25) is 0 Å². The molecule has 1 fully saturated rings. The lowest BCUT2D eigenvalue weighted by Crippen LogP contribution is -2.54. The monoisotopic (exact) mass is 458 g/mol. The first-order chi connectivity index (χ1) is 15.3. The van der Waals surface area contributed by atoms with Gasteiger partial charge in [-0.2, -0.15) is 0 Å². The normalized spacial score (nSPS) is 15.3. The van der Waals surface area contributed by atoms with E-state index in [2.05, 4.69) is 36.5 Å². The van der Waals surface area contributed by atoms with Crippen molar-refractivity contribution in [3.8, 4) is 0 Å². The fraction of sp³-hybridized carbons (Fsp3) is 0.115. The maximum Gasteiger partial charge on any atom is 0.270 e. The molecule has 3 aromatic carbocycles. The van der Waals surface area contributed by atoms with E-state index in [0.29, 0.717) is 5.69 Å². The molecule has 4 rings (SSSR count). The smallest absolute Gasteiger partial charge is 0.270 e. The lowest BCUT2D eigenvalue weighted by atomic mass is 10.1. The Morgan fingerprint density at radius 2 is 1.38 bits per heavy atom. The van der Waals surface area contributed by atoms with E-state index in [-0.39, 0.29) is 10.7 Å². The largest absolute Gasteiger partial charge is 0.298 e. The summed E-state index contributed by atoms with van der Waals surface area (Å²) in [6.07, 6.45) is 1.61. The van der Waals surface area contributed by atoms with E-state index in [0.717, 1.165) is 26.5 Å². The number of hydrogen-bond acceptors (Lipinski definition) is 4. The number of anilines is 1. The molecule has 1 aliphatic heterocycles. The summed E-state index contributed by atoms with van der Waals surface area (Å²) in [6.45, 7) is 5.98. The van der Waals surface area contributed by atoms with Gasteiger partial charge in [0.25, 0.3) is 11.8 Å². The molecule has 3 aromatic rings. The quantitative estimate of drug-likeness (QED) is 0.314. The molecule has 0 spiro atoms. The Bertz CT molecular complexity index is 1230. The third kappa shape index (κ3) is 4.82. The van der Waals surface area contributed by atoms with Crippen molar-refractivity contribution in [2.45, 2.75) is 30.6 Å². The van der Waals surface area contributed by atoms with E-state index in [1.165, 1.54) is 10.5 Å². The molecule has 4 nitrogen and oxygen atoms in total. The molecule has 0 saturated carbocycles. The van der Waals surface area contributed by atoms with Crippen molar-refractivity contribution in [2.75, 3.05) is 4.90 Å². The van der Waals surface area contributed by atoms with Gasteiger partial charge in [-0.1, -0.05) is 47.7 Å². The molecule has 0 atom stereocenters. The van der Waals surface area contributed by atoms with E-state index in [4.69, 9.17) is 12.2 Å². The zero-order valence-electron chi connectivity index (χ0n) is 18.0. The zero-order valence-corrected chi connectivity index (χ0v) is 19.6. The van der Waals surface area contributed by atoms with Crippen molar-refractivity contribution >= 4 is 52.7 Å². The van der Waals surface area contributed by atoms with Crippen LogP contribution in [0.4, 0.5) is 5.69 Å². The van der Waals surface area contributed by atoms with Gasteiger partial charge in [-0.25, -0.2) is 0 Å². The molecule has 0 radical (unpaired) electrons. The number of nitrogens with zero attached hydrogens (tertiary/aromatic N) is 1. The summed E-state index contributed by atoms with van der Waals surface area (Å²) in [5.74, 6) is -0.916. The molecule has 2 amide bonds. The number of carbonyl (C=O) groups excluding carboxylic acids is 2. The van der Waals surface area contributed by atoms with Gasteiger partial charge in [-0.05, 0) is 92.2 Å². The van der Waals surface area contributed by atoms with Crippen molar-refractivity contribution in [3.05, 3.63) is 94.6 Å². The summed E-state index contributed by atoms with van der Waals surface area (Å²) in [4.78, 5) is 29.4. The lowest BCUT2D eigenvalue weighted by Gasteiger charge is -2.29. The second kappa shape index (κ2) is 9.10. The number of thiocarbonyl (C=S) groups is 1. The number of benzene rings is 3. The first kappa shape index (κ1) is 22.0. The van der Waals surface area contributed by atoms with Crippen molar-refractivity contribution in [3.63, 3.8) is 0 Å². The van der Waals surface area contributed by atoms with E-state index in [1.54, 1.807) is 17.8 Å². The molecule has 0 aromatic heterocycles. The molecule has 6 heteroatoms. The van der Waals surface area contributed by atoms with Gasteiger partial charge >= 0.3 is 0 Å². The molecule has 160 valence electrons. The Morgan fingerprint density at radius 1 is 0.812 bits per heavy atom. The molecule has 32 heavy (non-hydrogen) atoms. The molecule has 1 saturated heterocycles. The van der Waals surface area contributed by atoms with Crippen LogP contribution in [-0.2, 0) is 9.59 Å². The average molecular weight is 459 g/mol. The van der Waals surface area contributed by atoms with Crippen LogP contribution in [0.3, 0.4) is 0 Å². The summed E-state index contributed by atoms with van der Waals surface area (Å²) in [5.41, 5.74) is 4.72. The Morgan fingerprint density at radius 3 is 1.97 bits per heavy atom. The fourth-order valence-electron chi connectivity index (χ4n) is 3.51. The van der Waals surface area contributed by atoms with Crippen LogP contribution in [0.2, 0.25) is 0 Å². The van der Waals surface area contributed by atoms with E-state index < -0.39 is 11.8 Å². The highest BCUT2D eigenvalue weighted by atomic mass is 32.2. The molecular formula is C26H22N2O2S2. The molecule has 0 unspecified atom stereocenters. The predicted octanol–water partition coefficient (Wildman–Crippen LogP) is 5.59. The number of carbonyl (C=O) groups is 2. The van der Waals surface area contributed by atoms with Gasteiger partial charge in [0.15, 0.2) is 5.11 Å². The Balaban J connectivity index is 1.59. The first-order valence-electron chi connectivity index (χ1n) is 10.1. The molecule has 0 aliphatic carbocycles. The summed E-state index contributed by atoms with van der Waals surface area (Å²) < 4.78 is 0. The highest BCUT2D eigenvalue weighted by Gasteiger charge is 2.34. The highest BCUT2D eigenvalue weighted by Crippen LogP contribution is 2.29. The second-order valence-electron chi connectivity index (χ2n) is 7.79. The van der Waals surface area contributed by atoms with Crippen molar-refractivity contribution in [1.82, 2.24) is 5.32 Å². The molecule has 1 aliphatic rings. The summed E-state index contributed by atoms with van der Waals surface area (Å²) in [7, 11) is 0. The van der Waals surface area contributed by atoms with Gasteiger partial charge in [-0.15, -0.1) is 0 Å². The SMILES string of the molecule is Cc1ccc(Sc2ccc(/C=C3\C(=O)NC(=S)N(c4cc(C)cc(C)c4)C3=O)cc2)cc1. The summed E-state index contributed by atoms with van der Waals surface area (Å²) in [5, 5.41) is 2.73. The third-order valence-corrected chi connectivity index (χ3v) is 6.31. The van der Waals surface area contributed by atoms with Crippen LogP contribution >= 0.6 is 24.0 Å². The van der Waals surface area contributed by atoms with Crippen molar-refractivity contribution < 1.29 is 9.59 Å². The third-order valence-electron chi connectivity index (χ3n) is 5.01. The standard InChI is InChI=1S/C26H22N2O2S2/c1-16-4-8-21(9-5-16)32-22-10-6-19(7-11-22)15-23-24(29)27-26(31)28(25(23)30)20-13-17(2)12-18(3)14-20/h4-15H,1-3H3,(H,27,29,31)/b23-15+. The maximum absolute atomic E-state index is 13.2. The van der Waals surface area contributed by atoms with E-state index in [1.807, 2.05) is 56.3 Å². The molecule has 1 heterocycles. The van der Waals surface area contributed by atoms with Crippen molar-refractivity contribution in [2.24, 2.45) is 0 Å². The van der Waals surface area contributed by atoms with Crippen LogP contribution in [0.1, 0.15) is 22.3 Å². The Kier molecular flexibility index (Phi) is 6.26. The minimum atomic E-state index is -0.487.